The Morgan fingerprint density at radius 3 is 2.82 bits per heavy atom. The summed E-state index contributed by atoms with van der Waals surface area (Å²) in [7, 11) is 0. The van der Waals surface area contributed by atoms with Gasteiger partial charge in [-0.05, 0) is 56.0 Å². The summed E-state index contributed by atoms with van der Waals surface area (Å²) in [6, 6.07) is 12.4. The molecule has 4 rings (SSSR count). The number of carbonyl (C=O) groups excluding carboxylic acids is 1. The number of esters is 1. The van der Waals surface area contributed by atoms with Gasteiger partial charge in [0.05, 0.1) is 11.1 Å². The third kappa shape index (κ3) is 3.12. The van der Waals surface area contributed by atoms with Crippen LogP contribution < -0.4 is 10.9 Å². The highest BCUT2D eigenvalue weighted by atomic mass is 16.5. The lowest BCUT2D eigenvalue weighted by Gasteiger charge is -2.48. The second-order valence-electron chi connectivity index (χ2n) is 7.48. The van der Waals surface area contributed by atoms with Crippen LogP contribution in [0.4, 0.5) is 0 Å². The minimum atomic E-state index is -0.479. The molecule has 5 nitrogen and oxygen atoms in total. The molecule has 2 bridgehead atoms. The van der Waals surface area contributed by atoms with Crippen molar-refractivity contribution < 1.29 is 9.53 Å². The molecule has 2 N–H and O–H groups in total. The molecule has 2 aliphatic rings. The lowest BCUT2D eigenvalue weighted by atomic mass is 9.63. The maximum atomic E-state index is 12.3. The minimum absolute atomic E-state index is 0.0869. The molecule has 1 heterocycles. The maximum Gasteiger partial charge on any atom is 0.339 e. The summed E-state index contributed by atoms with van der Waals surface area (Å²) in [6.45, 7) is 4.26. The Hall–Kier alpha value is -2.92. The van der Waals surface area contributed by atoms with E-state index in [0.717, 1.165) is 24.1 Å². The number of ether oxygens (including phenoxy) is 1. The molecule has 0 radical (unpaired) electrons. The van der Waals surface area contributed by atoms with E-state index < -0.39 is 5.54 Å². The van der Waals surface area contributed by atoms with Crippen LogP contribution in [0.25, 0.3) is 0 Å². The smallest absolute Gasteiger partial charge is 0.339 e. The molecule has 0 saturated carbocycles. The molecule has 2 aliphatic carbocycles. The number of carbonyl (C=O) groups is 1. The monoisotopic (exact) mass is 376 g/mol. The first-order valence-electron chi connectivity index (χ1n) is 9.57. The molecular formula is C23H24N2O3. The third-order valence-electron chi connectivity index (χ3n) is 5.70. The Labute approximate surface area is 164 Å². The van der Waals surface area contributed by atoms with E-state index in [9.17, 15) is 9.59 Å². The quantitative estimate of drug-likeness (QED) is 0.487. The normalized spacial score (nSPS) is 24.4. The average Bonchev–Trinajstić information content (AvgIpc) is 2.67. The van der Waals surface area contributed by atoms with Crippen LogP contribution in [0, 0.1) is 5.92 Å². The fraction of sp³-hybridized carbons (Fsp3) is 0.304. The van der Waals surface area contributed by atoms with Crippen LogP contribution in [-0.4, -0.2) is 17.7 Å². The molecule has 0 amide bonds. The average molecular weight is 376 g/mol. The predicted octanol–water partition coefficient (Wildman–Crippen LogP) is 3.44. The summed E-state index contributed by atoms with van der Waals surface area (Å²) in [5, 5.41) is 3.50. The van der Waals surface area contributed by atoms with Crippen LogP contribution in [0.5, 0.6) is 0 Å². The number of H-pyrrole nitrogens is 1. The van der Waals surface area contributed by atoms with Crippen molar-refractivity contribution in [2.24, 2.45) is 5.92 Å². The number of rotatable bonds is 4. The summed E-state index contributed by atoms with van der Waals surface area (Å²) in [5.74, 6) is -0.134. The number of allylic oxidation sites excluding steroid dienone is 2. The van der Waals surface area contributed by atoms with Crippen molar-refractivity contribution >= 4 is 5.97 Å². The van der Waals surface area contributed by atoms with Crippen molar-refractivity contribution in [1.29, 1.82) is 0 Å². The number of fused-ring (bicyclic) bond motifs is 4. The van der Waals surface area contributed by atoms with Gasteiger partial charge in [0.25, 0.3) is 0 Å². The Bertz CT molecular complexity index is 1020. The van der Waals surface area contributed by atoms with Gasteiger partial charge in [0.1, 0.15) is 6.73 Å². The third-order valence-corrected chi connectivity index (χ3v) is 5.70. The molecule has 0 saturated heterocycles. The first-order valence-corrected chi connectivity index (χ1v) is 9.57. The molecule has 0 spiro atoms. The van der Waals surface area contributed by atoms with Crippen LogP contribution >= 0.6 is 0 Å². The highest BCUT2D eigenvalue weighted by Gasteiger charge is 2.46. The number of pyridine rings is 1. The van der Waals surface area contributed by atoms with Crippen molar-refractivity contribution in [2.45, 2.75) is 32.2 Å². The van der Waals surface area contributed by atoms with Crippen LogP contribution in [0.3, 0.4) is 0 Å². The second kappa shape index (κ2) is 7.24. The van der Waals surface area contributed by atoms with Crippen molar-refractivity contribution in [3.05, 3.63) is 92.9 Å². The highest BCUT2D eigenvalue weighted by Crippen LogP contribution is 2.49. The fourth-order valence-electron chi connectivity index (χ4n) is 4.65. The molecular weight excluding hydrogens is 352 g/mol. The van der Waals surface area contributed by atoms with E-state index in [1.54, 1.807) is 18.2 Å². The van der Waals surface area contributed by atoms with E-state index in [4.69, 9.17) is 4.74 Å². The minimum Gasteiger partial charge on any atom is -0.446 e. The lowest BCUT2D eigenvalue weighted by molar-refractivity contribution is 0.0425. The number of aromatic amines is 1. The van der Waals surface area contributed by atoms with E-state index in [1.165, 1.54) is 11.1 Å². The molecule has 0 fully saturated rings. The fourth-order valence-corrected chi connectivity index (χ4v) is 4.65. The molecule has 28 heavy (non-hydrogen) atoms. The summed E-state index contributed by atoms with van der Waals surface area (Å²) in [4.78, 5) is 27.2. The van der Waals surface area contributed by atoms with Gasteiger partial charge in [-0.3, -0.25) is 10.1 Å². The van der Waals surface area contributed by atoms with E-state index in [2.05, 4.69) is 29.4 Å². The molecule has 2 aromatic rings. The standard InChI is InChI=1S/C23H24N2O3/c1-3-18-17-11-15(2)13-23(18,19-9-10-21(26)25-20(19)12-17)24-14-28-22(27)16-7-5-4-6-8-16/h3-11,17,24H,12-14H2,1-2H3,(H,25,26)/b18-3+. The van der Waals surface area contributed by atoms with Gasteiger partial charge in [0.15, 0.2) is 0 Å². The van der Waals surface area contributed by atoms with Crippen molar-refractivity contribution in [2.75, 3.05) is 6.73 Å². The predicted molar refractivity (Wildman–Crippen MR) is 108 cm³/mol. The number of aromatic nitrogens is 1. The highest BCUT2D eigenvalue weighted by molar-refractivity contribution is 5.89. The van der Waals surface area contributed by atoms with Crippen molar-refractivity contribution in [3.8, 4) is 0 Å². The van der Waals surface area contributed by atoms with Crippen molar-refractivity contribution in [3.63, 3.8) is 0 Å². The second-order valence-corrected chi connectivity index (χ2v) is 7.48. The van der Waals surface area contributed by atoms with E-state index >= 15 is 0 Å². The first-order chi connectivity index (χ1) is 13.5. The number of hydrogen-bond acceptors (Lipinski definition) is 4. The Balaban J connectivity index is 1.65. The Kier molecular flexibility index (Phi) is 4.77. The SMILES string of the molecule is C/C=C1\C2C=C(C)CC1(NCOC(=O)c1ccccc1)c1ccc(=O)[nH]c1C2. The van der Waals surface area contributed by atoms with Crippen LogP contribution in [0.2, 0.25) is 0 Å². The summed E-state index contributed by atoms with van der Waals surface area (Å²) in [5.41, 5.74) is 4.51. The molecule has 2 atom stereocenters. The topological polar surface area (TPSA) is 71.2 Å². The summed E-state index contributed by atoms with van der Waals surface area (Å²) < 4.78 is 5.52. The zero-order valence-electron chi connectivity index (χ0n) is 16.1. The van der Waals surface area contributed by atoms with E-state index in [-0.39, 0.29) is 24.2 Å². The van der Waals surface area contributed by atoms with Gasteiger partial charge in [-0.2, -0.15) is 0 Å². The van der Waals surface area contributed by atoms with Gasteiger partial charge in [0.2, 0.25) is 5.56 Å². The van der Waals surface area contributed by atoms with E-state index in [0.29, 0.717) is 5.56 Å². The number of nitrogens with one attached hydrogen (secondary N) is 2. The van der Waals surface area contributed by atoms with Gasteiger partial charge in [-0.15, -0.1) is 0 Å². The molecule has 1 aromatic heterocycles. The molecule has 144 valence electrons. The van der Waals surface area contributed by atoms with Gasteiger partial charge >= 0.3 is 5.97 Å². The largest absolute Gasteiger partial charge is 0.446 e. The molecule has 2 unspecified atom stereocenters. The molecule has 0 aliphatic heterocycles. The van der Waals surface area contributed by atoms with Crippen LogP contribution in [0.15, 0.2) is 70.6 Å². The molecule has 1 aromatic carbocycles. The van der Waals surface area contributed by atoms with E-state index in [1.807, 2.05) is 31.2 Å². The van der Waals surface area contributed by atoms with Gasteiger partial charge < -0.3 is 9.72 Å². The van der Waals surface area contributed by atoms with Gasteiger partial charge in [-0.1, -0.05) is 35.9 Å². The summed E-state index contributed by atoms with van der Waals surface area (Å²) in [6.07, 6.45) is 5.97. The van der Waals surface area contributed by atoms with Gasteiger partial charge in [0, 0.05) is 17.7 Å². The van der Waals surface area contributed by atoms with Crippen molar-refractivity contribution in [1.82, 2.24) is 10.3 Å². The Morgan fingerprint density at radius 1 is 1.29 bits per heavy atom. The van der Waals surface area contributed by atoms with Gasteiger partial charge in [-0.25, -0.2) is 4.79 Å². The van der Waals surface area contributed by atoms with Crippen LogP contribution in [-0.2, 0) is 16.7 Å². The zero-order valence-corrected chi connectivity index (χ0v) is 16.1. The maximum absolute atomic E-state index is 12.3. The number of benzene rings is 1. The molecule has 5 heteroatoms. The Morgan fingerprint density at radius 2 is 2.07 bits per heavy atom. The van der Waals surface area contributed by atoms with Crippen LogP contribution in [0.1, 0.15) is 41.9 Å². The number of hydrogen-bond donors (Lipinski definition) is 2. The lowest BCUT2D eigenvalue weighted by Crippen LogP contribution is -2.52. The summed E-state index contributed by atoms with van der Waals surface area (Å²) >= 11 is 0. The first kappa shape index (κ1) is 18.4. The zero-order chi connectivity index (χ0) is 19.7.